The second-order valence-corrected chi connectivity index (χ2v) is 3.29. The van der Waals surface area contributed by atoms with Crippen molar-refractivity contribution >= 4 is 11.7 Å². The lowest BCUT2D eigenvalue weighted by atomic mass is 10.0. The SMILES string of the molecule is CC(CC(=O)O)c1c([N+](=O)[O-])cnn1C. The lowest BCUT2D eigenvalue weighted by molar-refractivity contribution is -0.385. The quantitative estimate of drug-likeness (QED) is 0.592. The van der Waals surface area contributed by atoms with Crippen LogP contribution in [0, 0.1) is 10.1 Å². The molecule has 0 amide bonds. The van der Waals surface area contributed by atoms with E-state index in [1.165, 1.54) is 4.68 Å². The van der Waals surface area contributed by atoms with Gasteiger partial charge in [-0.3, -0.25) is 19.6 Å². The van der Waals surface area contributed by atoms with E-state index in [0.717, 1.165) is 6.20 Å². The van der Waals surface area contributed by atoms with E-state index in [4.69, 9.17) is 5.11 Å². The van der Waals surface area contributed by atoms with E-state index in [1.54, 1.807) is 14.0 Å². The molecular formula is C8H11N3O4. The summed E-state index contributed by atoms with van der Waals surface area (Å²) in [4.78, 5) is 20.6. The van der Waals surface area contributed by atoms with Crippen LogP contribution in [-0.2, 0) is 11.8 Å². The molecule has 0 aliphatic heterocycles. The number of nitrogens with zero attached hydrogens (tertiary/aromatic N) is 3. The fourth-order valence-electron chi connectivity index (χ4n) is 1.51. The Balaban J connectivity index is 3.05. The van der Waals surface area contributed by atoms with Crippen molar-refractivity contribution in [1.82, 2.24) is 9.78 Å². The Morgan fingerprint density at radius 3 is 2.87 bits per heavy atom. The first kappa shape index (κ1) is 11.2. The predicted molar refractivity (Wildman–Crippen MR) is 50.5 cm³/mol. The van der Waals surface area contributed by atoms with Crippen molar-refractivity contribution in [3.05, 3.63) is 22.0 Å². The minimum Gasteiger partial charge on any atom is -0.481 e. The molecule has 1 aromatic rings. The van der Waals surface area contributed by atoms with Crippen LogP contribution in [0.2, 0.25) is 0 Å². The van der Waals surface area contributed by atoms with E-state index < -0.39 is 16.8 Å². The van der Waals surface area contributed by atoms with Crippen molar-refractivity contribution in [1.29, 1.82) is 0 Å². The zero-order valence-electron chi connectivity index (χ0n) is 8.38. The van der Waals surface area contributed by atoms with Gasteiger partial charge in [0.25, 0.3) is 0 Å². The Hall–Kier alpha value is -1.92. The van der Waals surface area contributed by atoms with E-state index in [-0.39, 0.29) is 12.1 Å². The maximum atomic E-state index is 10.6. The molecule has 1 aromatic heterocycles. The highest BCUT2D eigenvalue weighted by atomic mass is 16.6. The first-order chi connectivity index (χ1) is 6.93. The number of aromatic nitrogens is 2. The molecule has 1 N–H and O–H groups in total. The summed E-state index contributed by atoms with van der Waals surface area (Å²) in [5.74, 6) is -1.42. The van der Waals surface area contributed by atoms with Crippen LogP contribution in [0.4, 0.5) is 5.69 Å². The molecule has 0 aliphatic rings. The Kier molecular flexibility index (Phi) is 3.03. The van der Waals surface area contributed by atoms with Gasteiger partial charge in [0.05, 0.1) is 11.3 Å². The van der Waals surface area contributed by atoms with Gasteiger partial charge in [0.2, 0.25) is 0 Å². The normalized spacial score (nSPS) is 12.4. The van der Waals surface area contributed by atoms with Crippen LogP contribution in [-0.4, -0.2) is 25.8 Å². The van der Waals surface area contributed by atoms with Gasteiger partial charge in [0.15, 0.2) is 0 Å². The molecule has 1 rings (SSSR count). The number of hydrogen-bond donors (Lipinski definition) is 1. The lowest BCUT2D eigenvalue weighted by Gasteiger charge is -2.08. The molecule has 1 atom stereocenters. The second kappa shape index (κ2) is 4.07. The molecule has 7 heteroatoms. The van der Waals surface area contributed by atoms with Gasteiger partial charge >= 0.3 is 11.7 Å². The molecule has 0 aliphatic carbocycles. The highest BCUT2D eigenvalue weighted by Crippen LogP contribution is 2.27. The number of hydrogen-bond acceptors (Lipinski definition) is 4. The minimum absolute atomic E-state index is 0.133. The van der Waals surface area contributed by atoms with Crippen molar-refractivity contribution < 1.29 is 14.8 Å². The monoisotopic (exact) mass is 213 g/mol. The molecule has 1 unspecified atom stereocenters. The lowest BCUT2D eigenvalue weighted by Crippen LogP contribution is -2.09. The number of carbonyl (C=O) groups is 1. The van der Waals surface area contributed by atoms with Gasteiger partial charge in [-0.2, -0.15) is 5.10 Å². The molecule has 0 bridgehead atoms. The topological polar surface area (TPSA) is 98.3 Å². The fraction of sp³-hybridized carbons (Fsp3) is 0.500. The molecule has 0 radical (unpaired) electrons. The van der Waals surface area contributed by atoms with Crippen molar-refractivity contribution in [2.24, 2.45) is 7.05 Å². The Labute approximate surface area is 85.5 Å². The maximum absolute atomic E-state index is 10.6. The summed E-state index contributed by atoms with van der Waals surface area (Å²) in [5, 5.41) is 23.0. The van der Waals surface area contributed by atoms with Crippen LogP contribution in [0.25, 0.3) is 0 Å². The summed E-state index contributed by atoms with van der Waals surface area (Å²) in [5.41, 5.74) is 0.202. The average molecular weight is 213 g/mol. The van der Waals surface area contributed by atoms with E-state index in [0.29, 0.717) is 5.69 Å². The summed E-state index contributed by atoms with van der Waals surface area (Å²) in [6, 6.07) is 0. The number of nitro groups is 1. The molecule has 0 saturated carbocycles. The van der Waals surface area contributed by atoms with Crippen molar-refractivity contribution in [2.45, 2.75) is 19.3 Å². The number of rotatable bonds is 4. The zero-order valence-corrected chi connectivity index (χ0v) is 8.38. The summed E-state index contributed by atoms with van der Waals surface area (Å²) in [6.07, 6.45) is 0.980. The Morgan fingerprint density at radius 2 is 2.40 bits per heavy atom. The van der Waals surface area contributed by atoms with Crippen LogP contribution in [0.5, 0.6) is 0 Å². The zero-order chi connectivity index (χ0) is 11.6. The Bertz CT molecular complexity index is 399. The van der Waals surface area contributed by atoms with E-state index in [2.05, 4.69) is 5.10 Å². The third-order valence-electron chi connectivity index (χ3n) is 2.11. The molecule has 1 heterocycles. The van der Waals surface area contributed by atoms with Crippen LogP contribution in [0.15, 0.2) is 6.20 Å². The number of aryl methyl sites for hydroxylation is 1. The largest absolute Gasteiger partial charge is 0.481 e. The van der Waals surface area contributed by atoms with Gasteiger partial charge < -0.3 is 5.11 Å². The molecular weight excluding hydrogens is 202 g/mol. The van der Waals surface area contributed by atoms with Gasteiger partial charge in [0, 0.05) is 13.0 Å². The summed E-state index contributed by atoms with van der Waals surface area (Å²) in [6.45, 7) is 1.62. The third-order valence-corrected chi connectivity index (χ3v) is 2.11. The molecule has 15 heavy (non-hydrogen) atoms. The van der Waals surface area contributed by atoms with Crippen molar-refractivity contribution in [3.8, 4) is 0 Å². The number of aliphatic carboxylic acids is 1. The standard InChI is InChI=1S/C8H11N3O4/c1-5(3-7(12)13)8-6(11(14)15)4-9-10(8)2/h4-5H,3H2,1-2H3,(H,12,13). The molecule has 82 valence electrons. The molecule has 0 fully saturated rings. The minimum atomic E-state index is -0.988. The molecule has 0 aromatic carbocycles. The van der Waals surface area contributed by atoms with Gasteiger partial charge in [0.1, 0.15) is 11.9 Å². The van der Waals surface area contributed by atoms with E-state index in [9.17, 15) is 14.9 Å². The summed E-state index contributed by atoms with van der Waals surface area (Å²) >= 11 is 0. The van der Waals surface area contributed by atoms with E-state index >= 15 is 0 Å². The van der Waals surface area contributed by atoms with Crippen molar-refractivity contribution in [2.75, 3.05) is 0 Å². The third kappa shape index (κ3) is 2.30. The van der Waals surface area contributed by atoms with Gasteiger partial charge in [-0.05, 0) is 0 Å². The molecule has 0 spiro atoms. The highest BCUT2D eigenvalue weighted by molar-refractivity contribution is 5.68. The number of carboxylic acids is 1. The van der Waals surface area contributed by atoms with Crippen LogP contribution in [0.1, 0.15) is 25.0 Å². The highest BCUT2D eigenvalue weighted by Gasteiger charge is 2.25. The summed E-state index contributed by atoms with van der Waals surface area (Å²) in [7, 11) is 1.56. The predicted octanol–water partition coefficient (Wildman–Crippen LogP) is 0.906. The van der Waals surface area contributed by atoms with E-state index in [1.807, 2.05) is 0 Å². The van der Waals surface area contributed by atoms with Crippen LogP contribution < -0.4 is 0 Å². The number of carboxylic acid groups (broad SMARTS) is 1. The smallest absolute Gasteiger partial charge is 0.310 e. The first-order valence-electron chi connectivity index (χ1n) is 4.31. The van der Waals surface area contributed by atoms with Gasteiger partial charge in [-0.15, -0.1) is 0 Å². The van der Waals surface area contributed by atoms with Crippen LogP contribution >= 0.6 is 0 Å². The fourth-order valence-corrected chi connectivity index (χ4v) is 1.51. The molecule has 0 saturated heterocycles. The maximum Gasteiger partial charge on any atom is 0.310 e. The average Bonchev–Trinajstić information content (AvgIpc) is 2.45. The van der Waals surface area contributed by atoms with Gasteiger partial charge in [-0.1, -0.05) is 6.92 Å². The summed E-state index contributed by atoms with van der Waals surface area (Å²) < 4.78 is 1.34. The Morgan fingerprint density at radius 1 is 1.80 bits per heavy atom. The van der Waals surface area contributed by atoms with Crippen molar-refractivity contribution in [3.63, 3.8) is 0 Å². The van der Waals surface area contributed by atoms with Gasteiger partial charge in [-0.25, -0.2) is 0 Å². The first-order valence-corrected chi connectivity index (χ1v) is 4.31. The van der Waals surface area contributed by atoms with Crippen LogP contribution in [0.3, 0.4) is 0 Å². The molecule has 7 nitrogen and oxygen atoms in total. The second-order valence-electron chi connectivity index (χ2n) is 3.29.